The van der Waals surface area contributed by atoms with Crippen LogP contribution in [0.4, 0.5) is 0 Å². The topological polar surface area (TPSA) is 55.0 Å². The Bertz CT molecular complexity index is 158. The molecule has 0 aliphatic carbocycles. The molecule has 0 spiro atoms. The van der Waals surface area contributed by atoms with E-state index >= 15 is 0 Å². The maximum atomic E-state index is 8.71. The summed E-state index contributed by atoms with van der Waals surface area (Å²) in [4.78, 5) is 0. The van der Waals surface area contributed by atoms with Crippen molar-refractivity contribution in [1.82, 2.24) is 0 Å². The van der Waals surface area contributed by atoms with Crippen LogP contribution in [-0.4, -0.2) is 24.7 Å². The average molecular weight is 200 g/mol. The maximum Gasteiger partial charge on any atom is 0.332 e. The van der Waals surface area contributed by atoms with Gasteiger partial charge in [0.2, 0.25) is 0 Å². The van der Waals surface area contributed by atoms with Gasteiger partial charge in [-0.05, 0) is 19.3 Å². The highest BCUT2D eigenvalue weighted by atomic mass is 16.5. The van der Waals surface area contributed by atoms with Gasteiger partial charge in [-0.15, -0.1) is 0 Å². The van der Waals surface area contributed by atoms with Gasteiger partial charge < -0.3 is 9.84 Å². The lowest BCUT2D eigenvalue weighted by atomic mass is 10.1. The van der Waals surface area contributed by atoms with Gasteiger partial charge in [-0.2, -0.15) is 0 Å². The van der Waals surface area contributed by atoms with E-state index in [1.165, 1.54) is 0 Å². The fourth-order valence-corrected chi connectivity index (χ4v) is 1.21. The highest BCUT2D eigenvalue weighted by Crippen LogP contribution is 2.09. The van der Waals surface area contributed by atoms with E-state index in [9.17, 15) is 0 Å². The minimum atomic E-state index is 0.115. The van der Waals surface area contributed by atoms with Crippen LogP contribution >= 0.6 is 0 Å². The van der Waals surface area contributed by atoms with Gasteiger partial charge in [0.15, 0.2) is 0 Å². The third kappa shape index (κ3) is 7.80. The van der Waals surface area contributed by atoms with Gasteiger partial charge in [0, 0.05) is 0 Å². The van der Waals surface area contributed by atoms with Crippen molar-refractivity contribution in [3.8, 4) is 0 Å². The van der Waals surface area contributed by atoms with Gasteiger partial charge >= 0.3 is 5.90 Å². The zero-order chi connectivity index (χ0) is 10.8. The zero-order valence-corrected chi connectivity index (χ0v) is 9.09. The van der Waals surface area contributed by atoms with Crippen molar-refractivity contribution in [2.45, 2.75) is 38.5 Å². The molecule has 3 nitrogen and oxygen atoms in total. The molecule has 0 aromatic rings. The zero-order valence-electron chi connectivity index (χ0n) is 9.09. The first-order chi connectivity index (χ1) is 6.70. The number of ether oxygens (including phenoxy) is 1. The van der Waals surface area contributed by atoms with Gasteiger partial charge in [0.05, 0.1) is 20.1 Å². The summed E-state index contributed by atoms with van der Waals surface area (Å²) in [5.41, 5.74) is 0.924. The Hall–Kier alpha value is -0.830. The van der Waals surface area contributed by atoms with Gasteiger partial charge in [0.1, 0.15) is 0 Å². The number of aliphatic hydroxyl groups excluding tert-OH is 1. The van der Waals surface area contributed by atoms with Crippen molar-refractivity contribution < 1.29 is 15.3 Å². The first-order valence-electron chi connectivity index (χ1n) is 5.13. The molecule has 3 N–H and O–H groups in total. The molecule has 3 heteroatoms. The largest absolute Gasteiger partial charge is 0.451 e. The van der Waals surface area contributed by atoms with E-state index in [-0.39, 0.29) is 6.61 Å². The molecule has 0 heterocycles. The van der Waals surface area contributed by atoms with Crippen LogP contribution in [0.5, 0.6) is 0 Å². The number of unbranched alkanes of at least 4 members (excludes halogenated alkanes) is 3. The van der Waals surface area contributed by atoms with Gasteiger partial charge in [-0.1, -0.05) is 25.0 Å². The molecule has 0 saturated heterocycles. The number of rotatable bonds is 8. The molecule has 0 atom stereocenters. The minimum absolute atomic E-state index is 0.115. The predicted molar refractivity (Wildman–Crippen MR) is 57.9 cm³/mol. The lowest BCUT2D eigenvalue weighted by Gasteiger charge is -2.01. The van der Waals surface area contributed by atoms with Crippen LogP contribution in [0.15, 0.2) is 12.2 Å². The van der Waals surface area contributed by atoms with E-state index in [0.717, 1.165) is 44.1 Å². The fraction of sp³-hybridized carbons (Fsp3) is 0.727. The van der Waals surface area contributed by atoms with Crippen LogP contribution in [0, 0.1) is 0 Å². The average Bonchev–Trinajstić information content (AvgIpc) is 2.22. The van der Waals surface area contributed by atoms with Crippen molar-refractivity contribution in [2.75, 3.05) is 13.7 Å². The molecule has 0 fully saturated rings. The molecule has 0 saturated carbocycles. The van der Waals surface area contributed by atoms with E-state index in [0.29, 0.717) is 5.90 Å². The molecule has 82 valence electrons. The molecule has 0 bridgehead atoms. The summed E-state index contributed by atoms with van der Waals surface area (Å²) in [5.74, 6) is 0.616. The SMILES string of the molecule is C=C(CO)CCCCCCC(=[NH2+])OC. The van der Waals surface area contributed by atoms with E-state index in [4.69, 9.17) is 15.3 Å². The number of hydrogen-bond acceptors (Lipinski definition) is 2. The van der Waals surface area contributed by atoms with Gasteiger partial charge in [-0.3, -0.25) is 0 Å². The van der Waals surface area contributed by atoms with Crippen molar-refractivity contribution in [3.63, 3.8) is 0 Å². The predicted octanol–water partition coefficient (Wildman–Crippen LogP) is 0.679. The van der Waals surface area contributed by atoms with Crippen LogP contribution in [0.1, 0.15) is 38.5 Å². The highest BCUT2D eigenvalue weighted by Gasteiger charge is 2.00. The summed E-state index contributed by atoms with van der Waals surface area (Å²) in [6.07, 6.45) is 6.27. The molecule has 0 aliphatic heterocycles. The highest BCUT2D eigenvalue weighted by molar-refractivity contribution is 5.68. The molecule has 14 heavy (non-hydrogen) atoms. The lowest BCUT2D eigenvalue weighted by molar-refractivity contribution is -0.140. The number of methoxy groups -OCH3 is 1. The van der Waals surface area contributed by atoms with Crippen LogP contribution in [0.25, 0.3) is 0 Å². The van der Waals surface area contributed by atoms with Crippen molar-refractivity contribution >= 4 is 5.90 Å². The summed E-state index contributed by atoms with van der Waals surface area (Å²) >= 11 is 0. The Kier molecular flexibility index (Phi) is 8.24. The molecule has 0 amide bonds. The summed E-state index contributed by atoms with van der Waals surface area (Å²) in [6.45, 7) is 3.85. The Morgan fingerprint density at radius 2 is 1.79 bits per heavy atom. The van der Waals surface area contributed by atoms with Crippen molar-refractivity contribution in [2.24, 2.45) is 0 Å². The summed E-state index contributed by atoms with van der Waals surface area (Å²) in [5, 5.41) is 14.2. The van der Waals surface area contributed by atoms with Gasteiger partial charge in [-0.25, -0.2) is 5.41 Å². The van der Waals surface area contributed by atoms with E-state index in [2.05, 4.69) is 6.58 Å². The molecular weight excluding hydrogens is 178 g/mol. The number of nitrogens with two attached hydrogens (primary N) is 1. The smallest absolute Gasteiger partial charge is 0.332 e. The quantitative estimate of drug-likeness (QED) is 0.262. The Labute approximate surface area is 86.3 Å². The molecule has 0 unspecified atom stereocenters. The molecule has 0 aliphatic rings. The van der Waals surface area contributed by atoms with Crippen LogP contribution in [-0.2, 0) is 4.74 Å². The summed E-state index contributed by atoms with van der Waals surface area (Å²) in [6, 6.07) is 0. The molecule has 0 aromatic heterocycles. The normalized spacial score (nSPS) is 9.86. The van der Waals surface area contributed by atoms with E-state index in [1.54, 1.807) is 7.11 Å². The summed E-state index contributed by atoms with van der Waals surface area (Å²) < 4.78 is 4.86. The standard InChI is InChI=1S/C11H21NO2/c1-10(9-13)7-5-3-4-6-8-11(12)14-2/h12-13H,1,3-9H2,2H3/p+1. The molecule has 0 radical (unpaired) electrons. The van der Waals surface area contributed by atoms with E-state index < -0.39 is 0 Å². The monoisotopic (exact) mass is 200 g/mol. The fourth-order valence-electron chi connectivity index (χ4n) is 1.21. The number of aliphatic hydroxyl groups is 1. The second-order valence-electron chi connectivity index (χ2n) is 3.49. The third-order valence-corrected chi connectivity index (χ3v) is 2.19. The van der Waals surface area contributed by atoms with Crippen LogP contribution < -0.4 is 5.41 Å². The third-order valence-electron chi connectivity index (χ3n) is 2.19. The maximum absolute atomic E-state index is 8.71. The molecule has 0 rings (SSSR count). The Morgan fingerprint density at radius 1 is 1.21 bits per heavy atom. The molecule has 0 aromatic carbocycles. The second kappa shape index (κ2) is 8.75. The summed E-state index contributed by atoms with van der Waals surface area (Å²) in [7, 11) is 1.60. The number of hydrogen-bond donors (Lipinski definition) is 2. The first kappa shape index (κ1) is 13.2. The van der Waals surface area contributed by atoms with Crippen molar-refractivity contribution in [1.29, 1.82) is 0 Å². The first-order valence-corrected chi connectivity index (χ1v) is 5.13. The lowest BCUT2D eigenvalue weighted by Crippen LogP contribution is -2.40. The Balaban J connectivity index is 3.14. The van der Waals surface area contributed by atoms with Crippen molar-refractivity contribution in [3.05, 3.63) is 12.2 Å². The molecular formula is C11H22NO2+. The van der Waals surface area contributed by atoms with Crippen LogP contribution in [0.3, 0.4) is 0 Å². The van der Waals surface area contributed by atoms with Gasteiger partial charge in [0.25, 0.3) is 0 Å². The Morgan fingerprint density at radius 3 is 2.29 bits per heavy atom. The second-order valence-corrected chi connectivity index (χ2v) is 3.49. The van der Waals surface area contributed by atoms with E-state index in [1.807, 2.05) is 0 Å². The minimum Gasteiger partial charge on any atom is -0.451 e. The van der Waals surface area contributed by atoms with Crippen LogP contribution in [0.2, 0.25) is 0 Å².